The average Bonchev–Trinajstić information content (AvgIpc) is 2.73. The molecule has 0 fully saturated rings. The maximum absolute atomic E-state index is 13.7. The number of hydrogen-bond acceptors (Lipinski definition) is 4. The minimum Gasteiger partial charge on any atom is -0.326 e. The second kappa shape index (κ2) is 9.34. The van der Waals surface area contributed by atoms with Gasteiger partial charge in [-0.05, 0) is 36.8 Å². The molecule has 160 valence electrons. The van der Waals surface area contributed by atoms with Crippen molar-refractivity contribution in [3.8, 4) is 11.3 Å². The smallest absolute Gasteiger partial charge is 0.267 e. The van der Waals surface area contributed by atoms with E-state index in [9.17, 15) is 18.8 Å². The number of rotatable bonds is 6. The zero-order valence-electron chi connectivity index (χ0n) is 17.5. The Balaban J connectivity index is 1.84. The number of amides is 2. The van der Waals surface area contributed by atoms with Gasteiger partial charge in [0.25, 0.3) is 5.56 Å². The van der Waals surface area contributed by atoms with E-state index in [0.29, 0.717) is 16.9 Å². The number of para-hydroxylation sites is 1. The quantitative estimate of drug-likeness (QED) is 0.635. The van der Waals surface area contributed by atoms with E-state index < -0.39 is 17.3 Å². The van der Waals surface area contributed by atoms with Gasteiger partial charge in [0.15, 0.2) is 0 Å². The fourth-order valence-corrected chi connectivity index (χ4v) is 2.80. The van der Waals surface area contributed by atoms with Gasteiger partial charge in [-0.3, -0.25) is 14.4 Å². The van der Waals surface area contributed by atoms with Crippen LogP contribution in [0.1, 0.15) is 19.4 Å². The molecule has 0 saturated carbocycles. The molecule has 7 nitrogen and oxygen atoms in total. The molecule has 8 heteroatoms. The molecule has 2 amide bonds. The molecule has 0 unspecified atom stereocenters. The van der Waals surface area contributed by atoms with E-state index in [2.05, 4.69) is 15.7 Å². The number of aryl methyl sites for hydroxylation is 1. The van der Waals surface area contributed by atoms with Gasteiger partial charge in [-0.1, -0.05) is 38.1 Å². The molecule has 0 aliphatic rings. The summed E-state index contributed by atoms with van der Waals surface area (Å²) >= 11 is 0. The summed E-state index contributed by atoms with van der Waals surface area (Å²) in [7, 11) is 0. The number of anilines is 2. The van der Waals surface area contributed by atoms with E-state index in [-0.39, 0.29) is 24.1 Å². The molecular weight excluding hydrogens is 399 g/mol. The summed E-state index contributed by atoms with van der Waals surface area (Å²) in [6, 6.07) is 14.1. The maximum atomic E-state index is 13.7. The van der Waals surface area contributed by atoms with Crippen LogP contribution >= 0.6 is 0 Å². The summed E-state index contributed by atoms with van der Waals surface area (Å²) in [5.74, 6) is -1.43. The summed E-state index contributed by atoms with van der Waals surface area (Å²) in [6.07, 6.45) is 0. The Kier molecular flexibility index (Phi) is 6.59. The summed E-state index contributed by atoms with van der Waals surface area (Å²) in [5.41, 5.74) is 2.23. The van der Waals surface area contributed by atoms with Crippen LogP contribution in [0.2, 0.25) is 0 Å². The number of halogens is 1. The molecule has 3 rings (SSSR count). The van der Waals surface area contributed by atoms with Crippen molar-refractivity contribution < 1.29 is 14.0 Å². The van der Waals surface area contributed by atoms with Crippen molar-refractivity contribution in [2.45, 2.75) is 27.3 Å². The van der Waals surface area contributed by atoms with E-state index in [0.717, 1.165) is 10.2 Å². The standard InChI is InChI=1S/C23H23FN4O3/c1-14(2)23(31)26-20-12-16(9-8-15(20)3)18-10-11-22(30)28(27-18)13-21(29)25-19-7-5-4-6-17(19)24/h4-12,14H,13H2,1-3H3,(H,25,29)(H,26,31). The number of carbonyl (C=O) groups excluding carboxylic acids is 2. The second-order valence-corrected chi connectivity index (χ2v) is 7.42. The van der Waals surface area contributed by atoms with Gasteiger partial charge in [-0.2, -0.15) is 5.10 Å². The number of carbonyl (C=O) groups is 2. The van der Waals surface area contributed by atoms with Gasteiger partial charge >= 0.3 is 0 Å². The second-order valence-electron chi connectivity index (χ2n) is 7.42. The van der Waals surface area contributed by atoms with Crippen molar-refractivity contribution in [2.24, 2.45) is 5.92 Å². The predicted molar refractivity (Wildman–Crippen MR) is 117 cm³/mol. The normalized spacial score (nSPS) is 10.7. The highest BCUT2D eigenvalue weighted by molar-refractivity contribution is 5.93. The Morgan fingerprint density at radius 1 is 1.03 bits per heavy atom. The minimum atomic E-state index is -0.578. The Hall–Kier alpha value is -3.81. The van der Waals surface area contributed by atoms with E-state index in [4.69, 9.17) is 0 Å². The first kappa shape index (κ1) is 21.9. The van der Waals surface area contributed by atoms with Crippen LogP contribution in [-0.2, 0) is 16.1 Å². The molecule has 0 aliphatic carbocycles. The summed E-state index contributed by atoms with van der Waals surface area (Å²) in [6.45, 7) is 5.11. The van der Waals surface area contributed by atoms with Crippen LogP contribution in [0.4, 0.5) is 15.8 Å². The fraction of sp³-hybridized carbons (Fsp3) is 0.217. The molecule has 0 radical (unpaired) electrons. The molecule has 1 heterocycles. The van der Waals surface area contributed by atoms with Crippen LogP contribution in [0, 0.1) is 18.7 Å². The van der Waals surface area contributed by atoms with Crippen molar-refractivity contribution in [1.82, 2.24) is 9.78 Å². The zero-order chi connectivity index (χ0) is 22.5. The number of aromatic nitrogens is 2. The molecular formula is C23H23FN4O3. The van der Waals surface area contributed by atoms with Crippen LogP contribution in [0.5, 0.6) is 0 Å². The van der Waals surface area contributed by atoms with Crippen LogP contribution in [0.15, 0.2) is 59.4 Å². The third-order valence-electron chi connectivity index (χ3n) is 4.62. The molecule has 2 N–H and O–H groups in total. The van der Waals surface area contributed by atoms with Crippen molar-refractivity contribution in [2.75, 3.05) is 10.6 Å². The zero-order valence-corrected chi connectivity index (χ0v) is 17.5. The highest BCUT2D eigenvalue weighted by Gasteiger charge is 2.13. The molecule has 0 spiro atoms. The Bertz CT molecular complexity index is 1190. The lowest BCUT2D eigenvalue weighted by Gasteiger charge is -2.13. The van der Waals surface area contributed by atoms with Gasteiger partial charge in [0, 0.05) is 23.2 Å². The van der Waals surface area contributed by atoms with Crippen molar-refractivity contribution in [1.29, 1.82) is 0 Å². The Morgan fingerprint density at radius 3 is 2.48 bits per heavy atom. The van der Waals surface area contributed by atoms with E-state index in [1.165, 1.54) is 24.3 Å². The molecule has 0 bridgehead atoms. The van der Waals surface area contributed by atoms with Gasteiger partial charge in [-0.15, -0.1) is 0 Å². The molecule has 31 heavy (non-hydrogen) atoms. The van der Waals surface area contributed by atoms with E-state index in [1.807, 2.05) is 19.1 Å². The van der Waals surface area contributed by atoms with Gasteiger partial charge in [0.2, 0.25) is 11.8 Å². The van der Waals surface area contributed by atoms with Crippen molar-refractivity contribution in [3.63, 3.8) is 0 Å². The van der Waals surface area contributed by atoms with Crippen LogP contribution in [0.3, 0.4) is 0 Å². The van der Waals surface area contributed by atoms with E-state index >= 15 is 0 Å². The van der Waals surface area contributed by atoms with Gasteiger partial charge in [0.05, 0.1) is 11.4 Å². The Labute approximate surface area is 178 Å². The lowest BCUT2D eigenvalue weighted by atomic mass is 10.1. The molecule has 0 aliphatic heterocycles. The predicted octanol–water partition coefficient (Wildman–Crippen LogP) is 3.59. The monoisotopic (exact) mass is 422 g/mol. The largest absolute Gasteiger partial charge is 0.326 e. The number of nitrogens with zero attached hydrogens (tertiary/aromatic N) is 2. The first-order chi connectivity index (χ1) is 14.7. The van der Waals surface area contributed by atoms with Gasteiger partial charge < -0.3 is 10.6 Å². The lowest BCUT2D eigenvalue weighted by molar-refractivity contribution is -0.119. The molecule has 3 aromatic rings. The molecule has 0 atom stereocenters. The Morgan fingerprint density at radius 2 is 1.77 bits per heavy atom. The number of nitrogens with one attached hydrogen (secondary N) is 2. The summed E-state index contributed by atoms with van der Waals surface area (Å²) in [5, 5.41) is 9.58. The topological polar surface area (TPSA) is 93.1 Å². The third-order valence-corrected chi connectivity index (χ3v) is 4.62. The fourth-order valence-electron chi connectivity index (χ4n) is 2.80. The minimum absolute atomic E-state index is 0.0285. The van der Waals surface area contributed by atoms with Crippen molar-refractivity contribution >= 4 is 23.2 Å². The van der Waals surface area contributed by atoms with Gasteiger partial charge in [-0.25, -0.2) is 9.07 Å². The van der Waals surface area contributed by atoms with Crippen LogP contribution in [0.25, 0.3) is 11.3 Å². The lowest BCUT2D eigenvalue weighted by Crippen LogP contribution is -2.29. The summed E-state index contributed by atoms with van der Waals surface area (Å²) in [4.78, 5) is 36.5. The SMILES string of the molecule is Cc1ccc(-c2ccc(=O)n(CC(=O)Nc3ccccc3F)n2)cc1NC(=O)C(C)C. The number of hydrogen-bond donors (Lipinski definition) is 2. The van der Waals surface area contributed by atoms with E-state index in [1.54, 1.807) is 32.0 Å². The third kappa shape index (κ3) is 5.42. The number of benzene rings is 2. The van der Waals surface area contributed by atoms with Crippen molar-refractivity contribution in [3.05, 3.63) is 76.3 Å². The van der Waals surface area contributed by atoms with Crippen LogP contribution in [-0.4, -0.2) is 21.6 Å². The summed E-state index contributed by atoms with van der Waals surface area (Å²) < 4.78 is 14.7. The first-order valence-corrected chi connectivity index (χ1v) is 9.79. The molecule has 1 aromatic heterocycles. The molecule has 0 saturated heterocycles. The first-order valence-electron chi connectivity index (χ1n) is 9.79. The maximum Gasteiger partial charge on any atom is 0.267 e. The highest BCUT2D eigenvalue weighted by Crippen LogP contribution is 2.24. The molecule has 2 aromatic carbocycles. The van der Waals surface area contributed by atoms with Crippen LogP contribution < -0.4 is 16.2 Å². The van der Waals surface area contributed by atoms with Gasteiger partial charge in [0.1, 0.15) is 12.4 Å². The highest BCUT2D eigenvalue weighted by atomic mass is 19.1. The average molecular weight is 422 g/mol.